The Morgan fingerprint density at radius 2 is 2.27 bits per heavy atom. The van der Waals surface area contributed by atoms with Crippen LogP contribution in [0.3, 0.4) is 0 Å². The van der Waals surface area contributed by atoms with Crippen molar-refractivity contribution >= 4 is 33.0 Å². The van der Waals surface area contributed by atoms with E-state index >= 15 is 0 Å². The molecule has 0 aliphatic heterocycles. The molecule has 2 aromatic heterocycles. The van der Waals surface area contributed by atoms with Crippen LogP contribution in [0, 0.1) is 6.92 Å². The van der Waals surface area contributed by atoms with Gasteiger partial charge in [0.2, 0.25) is 0 Å². The summed E-state index contributed by atoms with van der Waals surface area (Å²) >= 11 is 5.22. The van der Waals surface area contributed by atoms with Gasteiger partial charge in [0.05, 0.1) is 5.69 Å². The highest BCUT2D eigenvalue weighted by Crippen LogP contribution is 2.21. The van der Waals surface area contributed by atoms with Gasteiger partial charge < -0.3 is 5.32 Å². The van der Waals surface area contributed by atoms with E-state index in [4.69, 9.17) is 0 Å². The monoisotopic (exact) mass is 282 g/mol. The van der Waals surface area contributed by atoms with Crippen molar-refractivity contribution in [1.29, 1.82) is 0 Å². The molecule has 0 aromatic carbocycles. The van der Waals surface area contributed by atoms with E-state index in [1.807, 2.05) is 23.5 Å². The van der Waals surface area contributed by atoms with Gasteiger partial charge in [-0.3, -0.25) is 0 Å². The Labute approximate surface area is 101 Å². The van der Waals surface area contributed by atoms with Crippen molar-refractivity contribution in [1.82, 2.24) is 4.98 Å². The highest BCUT2D eigenvalue weighted by molar-refractivity contribution is 9.10. The van der Waals surface area contributed by atoms with Crippen molar-refractivity contribution in [3.05, 3.63) is 44.8 Å². The molecule has 0 saturated heterocycles. The average molecular weight is 283 g/mol. The first-order chi connectivity index (χ1) is 7.25. The Balaban J connectivity index is 2.02. The van der Waals surface area contributed by atoms with Crippen molar-refractivity contribution in [2.75, 3.05) is 5.32 Å². The molecule has 2 nitrogen and oxygen atoms in total. The largest absolute Gasteiger partial charge is 0.378 e. The standard InChI is InChI=1S/C11H11BrN2S/c1-8-4-5-9(15-8)7-14-10-3-2-6-13-11(10)12/h2-6,14H,7H2,1H3. The van der Waals surface area contributed by atoms with Gasteiger partial charge in [-0.05, 0) is 47.1 Å². The topological polar surface area (TPSA) is 24.9 Å². The Kier molecular flexibility index (Phi) is 3.38. The molecule has 0 amide bonds. The number of aromatic nitrogens is 1. The molecule has 4 heteroatoms. The lowest BCUT2D eigenvalue weighted by atomic mass is 10.4. The zero-order chi connectivity index (χ0) is 10.7. The van der Waals surface area contributed by atoms with Crippen LogP contribution in [0.5, 0.6) is 0 Å². The Hall–Kier alpha value is -0.870. The first-order valence-electron chi connectivity index (χ1n) is 4.65. The van der Waals surface area contributed by atoms with Crippen molar-refractivity contribution in [3.8, 4) is 0 Å². The summed E-state index contributed by atoms with van der Waals surface area (Å²) in [5.41, 5.74) is 1.03. The molecule has 0 spiro atoms. The van der Waals surface area contributed by atoms with Gasteiger partial charge in [-0.25, -0.2) is 4.98 Å². The maximum Gasteiger partial charge on any atom is 0.129 e. The quantitative estimate of drug-likeness (QED) is 0.866. The van der Waals surface area contributed by atoms with Gasteiger partial charge in [-0.1, -0.05) is 0 Å². The number of rotatable bonds is 3. The smallest absolute Gasteiger partial charge is 0.129 e. The Bertz CT molecular complexity index is 453. The predicted octanol–water partition coefficient (Wildman–Crippen LogP) is 3.83. The number of thiophene rings is 1. The third-order valence-electron chi connectivity index (χ3n) is 2.01. The van der Waals surface area contributed by atoms with Crippen LogP contribution in [0.25, 0.3) is 0 Å². The van der Waals surface area contributed by atoms with E-state index in [-0.39, 0.29) is 0 Å². The van der Waals surface area contributed by atoms with Crippen LogP contribution in [-0.4, -0.2) is 4.98 Å². The highest BCUT2D eigenvalue weighted by atomic mass is 79.9. The number of anilines is 1. The Morgan fingerprint density at radius 3 is 2.93 bits per heavy atom. The molecule has 0 bridgehead atoms. The number of hydrogen-bond donors (Lipinski definition) is 1. The lowest BCUT2D eigenvalue weighted by Gasteiger charge is -2.05. The minimum absolute atomic E-state index is 0.850. The first kappa shape index (κ1) is 10.6. The highest BCUT2D eigenvalue weighted by Gasteiger charge is 2.00. The second kappa shape index (κ2) is 4.77. The third-order valence-corrected chi connectivity index (χ3v) is 3.64. The summed E-state index contributed by atoms with van der Waals surface area (Å²) in [4.78, 5) is 6.84. The molecule has 0 radical (unpaired) electrons. The second-order valence-corrected chi connectivity index (χ2v) is 5.33. The predicted molar refractivity (Wildman–Crippen MR) is 68.3 cm³/mol. The average Bonchev–Trinajstić information content (AvgIpc) is 2.63. The molecule has 0 aliphatic rings. The third kappa shape index (κ3) is 2.79. The number of nitrogens with one attached hydrogen (secondary N) is 1. The minimum atomic E-state index is 0.850. The van der Waals surface area contributed by atoms with Crippen molar-refractivity contribution in [3.63, 3.8) is 0 Å². The molecule has 0 saturated carbocycles. The number of halogens is 1. The number of pyridine rings is 1. The van der Waals surface area contributed by atoms with Crippen molar-refractivity contribution in [2.45, 2.75) is 13.5 Å². The summed E-state index contributed by atoms with van der Waals surface area (Å²) in [5, 5.41) is 3.34. The van der Waals surface area contributed by atoms with E-state index in [2.05, 4.69) is 45.3 Å². The molecule has 2 rings (SSSR count). The zero-order valence-corrected chi connectivity index (χ0v) is 10.7. The maximum absolute atomic E-state index is 4.15. The molecular formula is C11H11BrN2S. The molecule has 0 fully saturated rings. The second-order valence-electron chi connectivity index (χ2n) is 3.21. The summed E-state index contributed by atoms with van der Waals surface area (Å²) in [5.74, 6) is 0. The summed E-state index contributed by atoms with van der Waals surface area (Å²) in [7, 11) is 0. The van der Waals surface area contributed by atoms with Gasteiger partial charge in [0.15, 0.2) is 0 Å². The number of hydrogen-bond acceptors (Lipinski definition) is 3. The van der Waals surface area contributed by atoms with Crippen LogP contribution in [0.15, 0.2) is 35.1 Å². The van der Waals surface area contributed by atoms with Crippen LogP contribution < -0.4 is 5.32 Å². The van der Waals surface area contributed by atoms with Gasteiger partial charge in [-0.15, -0.1) is 11.3 Å². The van der Waals surface area contributed by atoms with Gasteiger partial charge in [0.25, 0.3) is 0 Å². The van der Waals surface area contributed by atoms with Crippen LogP contribution in [0.2, 0.25) is 0 Å². The normalized spacial score (nSPS) is 10.3. The fourth-order valence-corrected chi connectivity index (χ4v) is 2.50. The van der Waals surface area contributed by atoms with Gasteiger partial charge in [0.1, 0.15) is 4.60 Å². The minimum Gasteiger partial charge on any atom is -0.378 e. The van der Waals surface area contributed by atoms with Crippen LogP contribution >= 0.6 is 27.3 Å². The van der Waals surface area contributed by atoms with Gasteiger partial charge in [0, 0.05) is 22.5 Å². The summed E-state index contributed by atoms with van der Waals surface area (Å²) in [6.07, 6.45) is 1.77. The molecular weight excluding hydrogens is 272 g/mol. The fraction of sp³-hybridized carbons (Fsp3) is 0.182. The molecule has 0 unspecified atom stereocenters. The van der Waals surface area contributed by atoms with Crippen LogP contribution in [-0.2, 0) is 6.54 Å². The fourth-order valence-electron chi connectivity index (χ4n) is 1.28. The molecule has 78 valence electrons. The molecule has 2 aromatic rings. The van der Waals surface area contributed by atoms with E-state index in [1.165, 1.54) is 9.75 Å². The number of aryl methyl sites for hydroxylation is 1. The molecule has 0 aliphatic carbocycles. The van der Waals surface area contributed by atoms with Crippen LogP contribution in [0.4, 0.5) is 5.69 Å². The van der Waals surface area contributed by atoms with Crippen molar-refractivity contribution < 1.29 is 0 Å². The summed E-state index contributed by atoms with van der Waals surface area (Å²) in [6.45, 7) is 2.97. The zero-order valence-electron chi connectivity index (χ0n) is 8.33. The van der Waals surface area contributed by atoms with E-state index in [1.54, 1.807) is 6.20 Å². The van der Waals surface area contributed by atoms with E-state index < -0.39 is 0 Å². The van der Waals surface area contributed by atoms with Crippen molar-refractivity contribution in [2.24, 2.45) is 0 Å². The van der Waals surface area contributed by atoms with E-state index in [0.29, 0.717) is 0 Å². The van der Waals surface area contributed by atoms with E-state index in [0.717, 1.165) is 16.8 Å². The first-order valence-corrected chi connectivity index (χ1v) is 6.26. The van der Waals surface area contributed by atoms with Crippen LogP contribution in [0.1, 0.15) is 9.75 Å². The molecule has 0 atom stereocenters. The Morgan fingerprint density at radius 1 is 1.40 bits per heavy atom. The van der Waals surface area contributed by atoms with Gasteiger partial charge >= 0.3 is 0 Å². The maximum atomic E-state index is 4.15. The number of nitrogens with zero attached hydrogens (tertiary/aromatic N) is 1. The summed E-state index contributed by atoms with van der Waals surface area (Å²) in [6, 6.07) is 8.22. The van der Waals surface area contributed by atoms with E-state index in [9.17, 15) is 0 Å². The SMILES string of the molecule is Cc1ccc(CNc2cccnc2Br)s1. The van der Waals surface area contributed by atoms with Gasteiger partial charge in [-0.2, -0.15) is 0 Å². The molecule has 1 N–H and O–H groups in total. The molecule has 2 heterocycles. The summed E-state index contributed by atoms with van der Waals surface area (Å²) < 4.78 is 0.860. The molecule has 15 heavy (non-hydrogen) atoms. The lowest BCUT2D eigenvalue weighted by molar-refractivity contribution is 1.16. The lowest BCUT2D eigenvalue weighted by Crippen LogP contribution is -1.98.